The molecule has 2 rings (SSSR count). The molecule has 0 bridgehead atoms. The number of halogens is 1. The molecule has 1 heterocycles. The molecule has 1 unspecified atom stereocenters. The summed E-state index contributed by atoms with van der Waals surface area (Å²) >= 11 is 6.13. The first-order valence-corrected chi connectivity index (χ1v) is 8.22. The molecule has 1 amide bonds. The van der Waals surface area contributed by atoms with E-state index in [4.69, 9.17) is 16.7 Å². The first kappa shape index (κ1) is 17.5. The highest BCUT2D eigenvalue weighted by Gasteiger charge is 2.13. The molecular formula is C17H22ClN3O2. The van der Waals surface area contributed by atoms with E-state index in [0.717, 1.165) is 18.5 Å². The molecule has 23 heavy (non-hydrogen) atoms. The van der Waals surface area contributed by atoms with E-state index in [1.54, 1.807) is 16.9 Å². The van der Waals surface area contributed by atoms with E-state index in [1.807, 2.05) is 18.2 Å². The van der Waals surface area contributed by atoms with Gasteiger partial charge in [0.25, 0.3) is 5.91 Å². The number of aliphatic hydroxyl groups is 1. The minimum atomic E-state index is -0.164. The Morgan fingerprint density at radius 3 is 2.87 bits per heavy atom. The van der Waals surface area contributed by atoms with Crippen molar-refractivity contribution in [1.82, 2.24) is 15.1 Å². The number of aromatic nitrogens is 2. The summed E-state index contributed by atoms with van der Waals surface area (Å²) < 4.78 is 1.59. The molecule has 0 saturated carbocycles. The predicted molar refractivity (Wildman–Crippen MR) is 91.0 cm³/mol. The highest BCUT2D eigenvalue weighted by atomic mass is 35.5. The van der Waals surface area contributed by atoms with Crippen LogP contribution in [0.2, 0.25) is 5.02 Å². The van der Waals surface area contributed by atoms with Gasteiger partial charge in [-0.15, -0.1) is 0 Å². The maximum atomic E-state index is 12.2. The van der Waals surface area contributed by atoms with Gasteiger partial charge in [0.1, 0.15) is 0 Å². The number of nitrogens with zero attached hydrogens (tertiary/aromatic N) is 2. The van der Waals surface area contributed by atoms with Gasteiger partial charge in [0.2, 0.25) is 0 Å². The SMILES string of the molecule is CCCC(CCO)CNC(=O)c1cnn(-c2ccccc2Cl)c1. The van der Waals surface area contributed by atoms with Gasteiger partial charge in [-0.25, -0.2) is 4.68 Å². The van der Waals surface area contributed by atoms with Crippen LogP contribution in [0.25, 0.3) is 5.69 Å². The number of nitrogens with one attached hydrogen (secondary N) is 1. The van der Waals surface area contributed by atoms with E-state index in [9.17, 15) is 4.79 Å². The van der Waals surface area contributed by atoms with Gasteiger partial charge in [-0.2, -0.15) is 5.10 Å². The van der Waals surface area contributed by atoms with E-state index in [-0.39, 0.29) is 12.5 Å². The van der Waals surface area contributed by atoms with Crippen LogP contribution in [0.3, 0.4) is 0 Å². The van der Waals surface area contributed by atoms with Crippen LogP contribution in [0.5, 0.6) is 0 Å². The Labute approximate surface area is 141 Å². The molecule has 1 atom stereocenters. The fraction of sp³-hybridized carbons (Fsp3) is 0.412. The van der Waals surface area contributed by atoms with Crippen LogP contribution in [0.1, 0.15) is 36.5 Å². The average molecular weight is 336 g/mol. The van der Waals surface area contributed by atoms with Crippen molar-refractivity contribution in [1.29, 1.82) is 0 Å². The van der Waals surface area contributed by atoms with Crippen LogP contribution in [0.4, 0.5) is 0 Å². The van der Waals surface area contributed by atoms with Gasteiger partial charge in [-0.1, -0.05) is 37.1 Å². The summed E-state index contributed by atoms with van der Waals surface area (Å²) in [6.07, 6.45) is 5.91. The highest BCUT2D eigenvalue weighted by molar-refractivity contribution is 6.32. The van der Waals surface area contributed by atoms with Crippen molar-refractivity contribution in [2.45, 2.75) is 26.2 Å². The summed E-state index contributed by atoms with van der Waals surface area (Å²) in [4.78, 5) is 12.2. The number of amides is 1. The van der Waals surface area contributed by atoms with Gasteiger partial charge in [0.05, 0.1) is 22.5 Å². The summed E-state index contributed by atoms with van der Waals surface area (Å²) in [7, 11) is 0. The van der Waals surface area contributed by atoms with Crippen LogP contribution < -0.4 is 5.32 Å². The molecule has 2 aromatic rings. The van der Waals surface area contributed by atoms with E-state index < -0.39 is 0 Å². The van der Waals surface area contributed by atoms with E-state index in [1.165, 1.54) is 6.20 Å². The Kier molecular flexibility index (Phi) is 6.62. The lowest BCUT2D eigenvalue weighted by Gasteiger charge is -2.15. The molecule has 0 fully saturated rings. The number of hydrogen-bond donors (Lipinski definition) is 2. The van der Waals surface area contributed by atoms with Crippen molar-refractivity contribution in [3.63, 3.8) is 0 Å². The van der Waals surface area contributed by atoms with Crippen molar-refractivity contribution in [2.75, 3.05) is 13.2 Å². The normalized spacial score (nSPS) is 12.1. The van der Waals surface area contributed by atoms with Gasteiger partial charge in [-0.05, 0) is 30.9 Å². The Morgan fingerprint density at radius 2 is 2.17 bits per heavy atom. The number of para-hydroxylation sites is 1. The fourth-order valence-corrected chi connectivity index (χ4v) is 2.71. The average Bonchev–Trinajstić information content (AvgIpc) is 3.03. The number of carbonyl (C=O) groups excluding carboxylic acids is 1. The summed E-state index contributed by atoms with van der Waals surface area (Å²) in [5.74, 6) is 0.134. The fourth-order valence-electron chi connectivity index (χ4n) is 2.49. The van der Waals surface area contributed by atoms with E-state index in [0.29, 0.717) is 29.5 Å². The van der Waals surface area contributed by atoms with Crippen LogP contribution in [-0.4, -0.2) is 33.9 Å². The molecule has 2 N–H and O–H groups in total. The van der Waals surface area contributed by atoms with Crippen molar-refractivity contribution in [3.8, 4) is 5.69 Å². The summed E-state index contributed by atoms with van der Waals surface area (Å²) in [5, 5.41) is 16.8. The zero-order valence-corrected chi connectivity index (χ0v) is 14.0. The molecule has 0 aliphatic heterocycles. The first-order valence-electron chi connectivity index (χ1n) is 7.84. The zero-order chi connectivity index (χ0) is 16.7. The number of carbonyl (C=O) groups is 1. The van der Waals surface area contributed by atoms with Crippen LogP contribution in [0, 0.1) is 5.92 Å². The maximum absolute atomic E-state index is 12.2. The third-order valence-corrected chi connectivity index (χ3v) is 4.05. The summed E-state index contributed by atoms with van der Waals surface area (Å²) in [6.45, 7) is 2.80. The second-order valence-electron chi connectivity index (χ2n) is 5.50. The Morgan fingerprint density at radius 1 is 1.39 bits per heavy atom. The molecule has 0 aliphatic carbocycles. The molecule has 0 spiro atoms. The van der Waals surface area contributed by atoms with Crippen LogP contribution in [-0.2, 0) is 0 Å². The minimum Gasteiger partial charge on any atom is -0.396 e. The molecule has 124 valence electrons. The number of hydrogen-bond acceptors (Lipinski definition) is 3. The molecule has 1 aromatic heterocycles. The van der Waals surface area contributed by atoms with Crippen LogP contribution >= 0.6 is 11.6 Å². The molecule has 0 saturated heterocycles. The maximum Gasteiger partial charge on any atom is 0.254 e. The second-order valence-corrected chi connectivity index (χ2v) is 5.91. The standard InChI is InChI=1S/C17H22ClN3O2/c1-2-5-13(8-9-22)10-19-17(23)14-11-20-21(12-14)16-7-4-3-6-15(16)18/h3-4,6-7,11-13,22H,2,5,8-10H2,1H3,(H,19,23). The Hall–Kier alpha value is -1.85. The zero-order valence-electron chi connectivity index (χ0n) is 13.2. The lowest BCUT2D eigenvalue weighted by atomic mass is 10.0. The first-order chi connectivity index (χ1) is 11.2. The molecule has 1 aromatic carbocycles. The van der Waals surface area contributed by atoms with Crippen LogP contribution in [0.15, 0.2) is 36.7 Å². The molecule has 0 aliphatic rings. The lowest BCUT2D eigenvalue weighted by molar-refractivity contribution is 0.0943. The molecule has 6 heteroatoms. The number of rotatable bonds is 8. The largest absolute Gasteiger partial charge is 0.396 e. The van der Waals surface area contributed by atoms with Crippen molar-refractivity contribution < 1.29 is 9.90 Å². The molecule has 0 radical (unpaired) electrons. The predicted octanol–water partition coefficient (Wildman–Crippen LogP) is 3.05. The van der Waals surface area contributed by atoms with E-state index in [2.05, 4.69) is 17.3 Å². The van der Waals surface area contributed by atoms with Gasteiger partial charge in [0, 0.05) is 19.3 Å². The van der Waals surface area contributed by atoms with E-state index >= 15 is 0 Å². The Balaban J connectivity index is 2.00. The van der Waals surface area contributed by atoms with Crippen molar-refractivity contribution >= 4 is 17.5 Å². The second kappa shape index (κ2) is 8.70. The summed E-state index contributed by atoms with van der Waals surface area (Å²) in [5.41, 5.74) is 1.22. The topological polar surface area (TPSA) is 67.2 Å². The number of aliphatic hydroxyl groups excluding tert-OH is 1. The third kappa shape index (κ3) is 4.81. The smallest absolute Gasteiger partial charge is 0.254 e. The third-order valence-electron chi connectivity index (χ3n) is 3.73. The monoisotopic (exact) mass is 335 g/mol. The van der Waals surface area contributed by atoms with Crippen molar-refractivity contribution in [3.05, 3.63) is 47.2 Å². The minimum absolute atomic E-state index is 0.144. The number of benzene rings is 1. The van der Waals surface area contributed by atoms with Crippen molar-refractivity contribution in [2.24, 2.45) is 5.92 Å². The quantitative estimate of drug-likeness (QED) is 0.779. The highest BCUT2D eigenvalue weighted by Crippen LogP contribution is 2.19. The lowest BCUT2D eigenvalue weighted by Crippen LogP contribution is -2.29. The Bertz CT molecular complexity index is 636. The van der Waals surface area contributed by atoms with Gasteiger partial charge in [0.15, 0.2) is 0 Å². The van der Waals surface area contributed by atoms with Gasteiger partial charge < -0.3 is 10.4 Å². The summed E-state index contributed by atoms with van der Waals surface area (Å²) in [6, 6.07) is 7.34. The van der Waals surface area contributed by atoms with Gasteiger partial charge in [-0.3, -0.25) is 4.79 Å². The molecular weight excluding hydrogens is 314 g/mol. The molecule has 5 nitrogen and oxygen atoms in total. The van der Waals surface area contributed by atoms with Gasteiger partial charge >= 0.3 is 0 Å².